The van der Waals surface area contributed by atoms with Crippen LogP contribution in [0.3, 0.4) is 0 Å². The summed E-state index contributed by atoms with van der Waals surface area (Å²) in [5.41, 5.74) is 0.436. The van der Waals surface area contributed by atoms with Crippen molar-refractivity contribution in [3.63, 3.8) is 0 Å². The van der Waals surface area contributed by atoms with Gasteiger partial charge in [-0.2, -0.15) is 0 Å². The molecule has 1 fully saturated rings. The lowest BCUT2D eigenvalue weighted by molar-refractivity contribution is -0.130. The van der Waals surface area contributed by atoms with Crippen LogP contribution in [0, 0.1) is 0 Å². The summed E-state index contributed by atoms with van der Waals surface area (Å²) in [5, 5.41) is 2.87. The number of carbonyl (C=O) groups excluding carboxylic acids is 2. The van der Waals surface area contributed by atoms with Gasteiger partial charge in [-0.05, 0) is 12.1 Å². The van der Waals surface area contributed by atoms with Crippen molar-refractivity contribution >= 4 is 11.8 Å². The standard InChI is InChI=1S/C15H22N4O3/c1-12(20)19-10-8-18(9-11-19)7-6-16-14(21)13-4-3-5-17-15(13)22-2/h3-5H,6-11H2,1-2H3,(H,16,21). The number of amides is 2. The molecule has 1 aliphatic rings. The van der Waals surface area contributed by atoms with Gasteiger partial charge in [0, 0.05) is 52.4 Å². The van der Waals surface area contributed by atoms with Crippen molar-refractivity contribution in [2.45, 2.75) is 6.92 Å². The Morgan fingerprint density at radius 1 is 1.32 bits per heavy atom. The Labute approximate surface area is 130 Å². The fourth-order valence-corrected chi connectivity index (χ4v) is 2.44. The second kappa shape index (κ2) is 7.74. The quantitative estimate of drug-likeness (QED) is 0.828. The highest BCUT2D eigenvalue weighted by Gasteiger charge is 2.18. The topological polar surface area (TPSA) is 74.8 Å². The van der Waals surface area contributed by atoms with Crippen LogP contribution in [-0.2, 0) is 4.79 Å². The van der Waals surface area contributed by atoms with Crippen molar-refractivity contribution < 1.29 is 14.3 Å². The van der Waals surface area contributed by atoms with Gasteiger partial charge in [0.2, 0.25) is 11.8 Å². The molecule has 1 aromatic heterocycles. The van der Waals surface area contributed by atoms with Gasteiger partial charge < -0.3 is 15.0 Å². The third-order valence-electron chi connectivity index (χ3n) is 3.74. The van der Waals surface area contributed by atoms with Gasteiger partial charge in [0.15, 0.2) is 0 Å². The maximum atomic E-state index is 12.1. The van der Waals surface area contributed by atoms with Crippen LogP contribution in [0.15, 0.2) is 18.3 Å². The number of ether oxygens (including phenoxy) is 1. The summed E-state index contributed by atoms with van der Waals surface area (Å²) in [6.07, 6.45) is 1.59. The van der Waals surface area contributed by atoms with E-state index in [1.165, 1.54) is 7.11 Å². The summed E-state index contributed by atoms with van der Waals surface area (Å²) < 4.78 is 5.08. The van der Waals surface area contributed by atoms with E-state index in [1.54, 1.807) is 25.3 Å². The zero-order valence-electron chi connectivity index (χ0n) is 13.0. The van der Waals surface area contributed by atoms with E-state index in [9.17, 15) is 9.59 Å². The van der Waals surface area contributed by atoms with Crippen LogP contribution in [0.2, 0.25) is 0 Å². The molecule has 0 saturated carbocycles. The summed E-state index contributed by atoms with van der Waals surface area (Å²) in [7, 11) is 1.49. The van der Waals surface area contributed by atoms with Gasteiger partial charge in [-0.15, -0.1) is 0 Å². The molecule has 22 heavy (non-hydrogen) atoms. The Balaban J connectivity index is 1.75. The molecule has 1 saturated heterocycles. The number of methoxy groups -OCH3 is 1. The number of piperazine rings is 1. The van der Waals surface area contributed by atoms with E-state index in [2.05, 4.69) is 15.2 Å². The van der Waals surface area contributed by atoms with Crippen LogP contribution < -0.4 is 10.1 Å². The van der Waals surface area contributed by atoms with E-state index in [1.807, 2.05) is 4.90 Å². The molecule has 0 radical (unpaired) electrons. The molecule has 0 atom stereocenters. The molecule has 2 rings (SSSR count). The maximum absolute atomic E-state index is 12.1. The summed E-state index contributed by atoms with van der Waals surface area (Å²) in [4.78, 5) is 31.5. The highest BCUT2D eigenvalue weighted by molar-refractivity contribution is 5.96. The highest BCUT2D eigenvalue weighted by atomic mass is 16.5. The number of rotatable bonds is 5. The second-order valence-corrected chi connectivity index (χ2v) is 5.16. The first kappa shape index (κ1) is 16.2. The van der Waals surface area contributed by atoms with Crippen LogP contribution >= 0.6 is 0 Å². The van der Waals surface area contributed by atoms with Crippen LogP contribution in [0.1, 0.15) is 17.3 Å². The van der Waals surface area contributed by atoms with Crippen molar-refractivity contribution in [2.24, 2.45) is 0 Å². The Morgan fingerprint density at radius 2 is 2.05 bits per heavy atom. The molecule has 7 nitrogen and oxygen atoms in total. The summed E-state index contributed by atoms with van der Waals surface area (Å²) in [5.74, 6) is 0.263. The fraction of sp³-hybridized carbons (Fsp3) is 0.533. The van der Waals surface area contributed by atoms with Gasteiger partial charge in [-0.3, -0.25) is 14.5 Å². The lowest BCUT2D eigenvalue weighted by Crippen LogP contribution is -2.49. The predicted octanol–water partition coefficient (Wildman–Crippen LogP) is -0.0159. The predicted molar refractivity (Wildman–Crippen MR) is 81.8 cm³/mol. The van der Waals surface area contributed by atoms with Crippen molar-refractivity contribution in [2.75, 3.05) is 46.4 Å². The average molecular weight is 306 g/mol. The molecule has 7 heteroatoms. The minimum atomic E-state index is -0.188. The van der Waals surface area contributed by atoms with E-state index in [0.717, 1.165) is 32.7 Å². The van der Waals surface area contributed by atoms with E-state index in [0.29, 0.717) is 18.0 Å². The molecule has 2 amide bonds. The number of pyridine rings is 1. The molecule has 0 unspecified atom stereocenters. The smallest absolute Gasteiger partial charge is 0.256 e. The zero-order valence-corrected chi connectivity index (χ0v) is 13.0. The molecule has 2 heterocycles. The Kier molecular flexibility index (Phi) is 5.71. The first-order chi connectivity index (χ1) is 10.6. The lowest BCUT2D eigenvalue weighted by atomic mass is 10.2. The Bertz CT molecular complexity index is 527. The minimum Gasteiger partial charge on any atom is -0.480 e. The van der Waals surface area contributed by atoms with Gasteiger partial charge in [-0.1, -0.05) is 0 Å². The summed E-state index contributed by atoms with van der Waals surface area (Å²) >= 11 is 0. The SMILES string of the molecule is COc1ncccc1C(=O)NCCN1CCN(C(C)=O)CC1. The maximum Gasteiger partial charge on any atom is 0.256 e. The third-order valence-corrected chi connectivity index (χ3v) is 3.74. The normalized spacial score (nSPS) is 15.5. The molecule has 1 N–H and O–H groups in total. The number of nitrogens with one attached hydrogen (secondary N) is 1. The number of aromatic nitrogens is 1. The van der Waals surface area contributed by atoms with Crippen molar-refractivity contribution in [1.82, 2.24) is 20.1 Å². The first-order valence-corrected chi connectivity index (χ1v) is 7.37. The molecule has 0 bridgehead atoms. The van der Waals surface area contributed by atoms with E-state index in [-0.39, 0.29) is 11.8 Å². The molecule has 1 aliphatic heterocycles. The van der Waals surface area contributed by atoms with Gasteiger partial charge in [0.25, 0.3) is 5.91 Å². The fourth-order valence-electron chi connectivity index (χ4n) is 2.44. The van der Waals surface area contributed by atoms with Crippen LogP contribution in [0.5, 0.6) is 5.88 Å². The number of nitrogens with zero attached hydrogens (tertiary/aromatic N) is 3. The molecule has 0 aliphatic carbocycles. The van der Waals surface area contributed by atoms with Crippen LogP contribution in [0.4, 0.5) is 0 Å². The van der Waals surface area contributed by atoms with E-state index in [4.69, 9.17) is 4.74 Å². The zero-order chi connectivity index (χ0) is 15.9. The van der Waals surface area contributed by atoms with Crippen molar-refractivity contribution in [3.8, 4) is 5.88 Å². The molecule has 120 valence electrons. The highest BCUT2D eigenvalue weighted by Crippen LogP contribution is 2.12. The van der Waals surface area contributed by atoms with Gasteiger partial charge in [0.05, 0.1) is 7.11 Å². The Morgan fingerprint density at radius 3 is 2.68 bits per heavy atom. The number of hydrogen-bond donors (Lipinski definition) is 1. The average Bonchev–Trinajstić information content (AvgIpc) is 2.55. The summed E-state index contributed by atoms with van der Waals surface area (Å²) in [6, 6.07) is 3.39. The summed E-state index contributed by atoms with van der Waals surface area (Å²) in [6.45, 7) is 6.09. The Hall–Kier alpha value is -2.15. The second-order valence-electron chi connectivity index (χ2n) is 5.16. The van der Waals surface area contributed by atoms with Crippen molar-refractivity contribution in [3.05, 3.63) is 23.9 Å². The van der Waals surface area contributed by atoms with Crippen LogP contribution in [-0.4, -0.2) is 73.0 Å². The molecular weight excluding hydrogens is 284 g/mol. The minimum absolute atomic E-state index is 0.122. The largest absolute Gasteiger partial charge is 0.480 e. The van der Waals surface area contributed by atoms with E-state index >= 15 is 0 Å². The monoisotopic (exact) mass is 306 g/mol. The molecule has 1 aromatic rings. The molecule has 0 aromatic carbocycles. The first-order valence-electron chi connectivity index (χ1n) is 7.37. The van der Waals surface area contributed by atoms with Crippen molar-refractivity contribution in [1.29, 1.82) is 0 Å². The van der Waals surface area contributed by atoms with Crippen LogP contribution in [0.25, 0.3) is 0 Å². The van der Waals surface area contributed by atoms with Gasteiger partial charge in [-0.25, -0.2) is 4.98 Å². The van der Waals surface area contributed by atoms with Gasteiger partial charge in [0.1, 0.15) is 5.56 Å². The number of carbonyl (C=O) groups is 2. The van der Waals surface area contributed by atoms with Gasteiger partial charge >= 0.3 is 0 Å². The lowest BCUT2D eigenvalue weighted by Gasteiger charge is -2.34. The van der Waals surface area contributed by atoms with E-state index < -0.39 is 0 Å². The molecule has 0 spiro atoms. The third kappa shape index (κ3) is 4.17. The number of hydrogen-bond acceptors (Lipinski definition) is 5. The molecular formula is C15H22N4O3.